The van der Waals surface area contributed by atoms with Crippen LogP contribution in [0.15, 0.2) is 39.4 Å². The number of anilines is 1. The molecule has 2 aliphatic rings. The van der Waals surface area contributed by atoms with Gasteiger partial charge in [-0.25, -0.2) is 0 Å². The number of hydrogen-bond acceptors (Lipinski definition) is 7. The number of carbonyl (C=O) groups excluding carboxylic acids is 1. The van der Waals surface area contributed by atoms with Gasteiger partial charge in [-0.2, -0.15) is 0 Å². The molecule has 3 aromatic heterocycles. The van der Waals surface area contributed by atoms with E-state index in [-0.39, 0.29) is 5.91 Å². The van der Waals surface area contributed by atoms with Gasteiger partial charge in [0, 0.05) is 31.1 Å². The summed E-state index contributed by atoms with van der Waals surface area (Å²) in [5, 5.41) is 11.9. The Bertz CT molecular complexity index is 1020. The number of piperidine rings is 1. The van der Waals surface area contributed by atoms with Gasteiger partial charge in [-0.1, -0.05) is 18.7 Å². The van der Waals surface area contributed by atoms with Crippen molar-refractivity contribution in [2.75, 3.05) is 30.3 Å². The van der Waals surface area contributed by atoms with Crippen LogP contribution in [-0.4, -0.2) is 51.0 Å². The highest BCUT2D eigenvalue weighted by atomic mass is 32.2. The van der Waals surface area contributed by atoms with Gasteiger partial charge in [0.1, 0.15) is 5.76 Å². The first-order valence-corrected chi connectivity index (χ1v) is 12.7. The molecule has 1 amide bonds. The second kappa shape index (κ2) is 9.08. The maximum Gasteiger partial charge on any atom is 0.233 e. The van der Waals surface area contributed by atoms with Gasteiger partial charge in [-0.15, -0.1) is 21.5 Å². The average molecular weight is 458 g/mol. The molecule has 31 heavy (non-hydrogen) atoms. The Morgan fingerprint density at radius 3 is 2.94 bits per heavy atom. The molecule has 0 aromatic carbocycles. The molecule has 1 fully saturated rings. The molecule has 1 saturated heterocycles. The average Bonchev–Trinajstić information content (AvgIpc) is 3.54. The Hall–Kier alpha value is -2.26. The first-order chi connectivity index (χ1) is 15.2. The fourth-order valence-electron chi connectivity index (χ4n) is 4.21. The highest BCUT2D eigenvalue weighted by molar-refractivity contribution is 7.99. The lowest BCUT2D eigenvalue weighted by Gasteiger charge is -2.31. The van der Waals surface area contributed by atoms with Crippen molar-refractivity contribution in [3.63, 3.8) is 0 Å². The van der Waals surface area contributed by atoms with Crippen LogP contribution in [0.2, 0.25) is 0 Å². The number of hydrogen-bond donors (Lipinski definition) is 0. The zero-order chi connectivity index (χ0) is 21.2. The lowest BCUT2D eigenvalue weighted by atomic mass is 10.00. The summed E-state index contributed by atoms with van der Waals surface area (Å²) in [4.78, 5) is 18.6. The molecule has 0 aliphatic carbocycles. The Kier molecular flexibility index (Phi) is 6.04. The summed E-state index contributed by atoms with van der Waals surface area (Å²) in [6, 6.07) is 6.00. The van der Waals surface area contributed by atoms with Gasteiger partial charge in [0.2, 0.25) is 11.9 Å². The molecule has 5 rings (SSSR count). The second-order valence-corrected chi connectivity index (χ2v) is 10.3. The quantitative estimate of drug-likeness (QED) is 0.523. The van der Waals surface area contributed by atoms with Crippen LogP contribution in [0.5, 0.6) is 0 Å². The summed E-state index contributed by atoms with van der Waals surface area (Å²) in [7, 11) is 0. The molecule has 0 radical (unpaired) electrons. The van der Waals surface area contributed by atoms with Gasteiger partial charge in [0.05, 0.1) is 18.6 Å². The van der Waals surface area contributed by atoms with E-state index >= 15 is 0 Å². The normalized spacial score (nSPS) is 17.2. The lowest BCUT2D eigenvalue weighted by molar-refractivity contribution is -0.129. The fraction of sp³-hybridized carbons (Fsp3) is 0.500. The minimum absolute atomic E-state index is 0.155. The molecule has 0 N–H and O–H groups in total. The molecule has 9 heteroatoms. The summed E-state index contributed by atoms with van der Waals surface area (Å²) in [5.41, 5.74) is 1.29. The van der Waals surface area contributed by atoms with Crippen molar-refractivity contribution in [3.05, 3.63) is 46.0 Å². The molecule has 0 atom stereocenters. The van der Waals surface area contributed by atoms with Crippen molar-refractivity contribution in [3.8, 4) is 0 Å². The number of thioether (sulfide) groups is 1. The van der Waals surface area contributed by atoms with Gasteiger partial charge in [-0.05, 0) is 54.3 Å². The van der Waals surface area contributed by atoms with Crippen molar-refractivity contribution >= 4 is 35.0 Å². The Balaban J connectivity index is 1.29. The molecule has 5 heterocycles. The molecule has 0 bridgehead atoms. The van der Waals surface area contributed by atoms with Gasteiger partial charge in [0.15, 0.2) is 5.16 Å². The van der Waals surface area contributed by atoms with Gasteiger partial charge in [-0.3, -0.25) is 9.36 Å². The standard InChI is InChI=1S/C22H27N5O2S2/c1-16-4-8-25(9-5-16)21-23-24-22(27(21)14-18-3-2-11-29-18)31-15-20(28)26-10-6-19-17(13-26)7-12-30-19/h2-3,7,11-12,16H,4-6,8-10,13-15H2,1H3. The van der Waals surface area contributed by atoms with Crippen molar-refractivity contribution in [1.82, 2.24) is 19.7 Å². The van der Waals surface area contributed by atoms with E-state index in [1.165, 1.54) is 22.2 Å². The van der Waals surface area contributed by atoms with E-state index in [1.807, 2.05) is 17.0 Å². The third-order valence-electron chi connectivity index (χ3n) is 6.14. The molecule has 164 valence electrons. The minimum Gasteiger partial charge on any atom is -0.467 e. The molecular weight excluding hydrogens is 430 g/mol. The molecular formula is C22H27N5O2S2. The van der Waals surface area contributed by atoms with Crippen LogP contribution in [0.3, 0.4) is 0 Å². The van der Waals surface area contributed by atoms with Crippen molar-refractivity contribution in [1.29, 1.82) is 0 Å². The molecule has 3 aromatic rings. The summed E-state index contributed by atoms with van der Waals surface area (Å²) in [6.07, 6.45) is 4.96. The van der Waals surface area contributed by atoms with Crippen molar-refractivity contribution < 1.29 is 9.21 Å². The second-order valence-electron chi connectivity index (χ2n) is 8.34. The molecule has 0 saturated carbocycles. The number of carbonyl (C=O) groups is 1. The molecule has 2 aliphatic heterocycles. The zero-order valence-electron chi connectivity index (χ0n) is 17.7. The summed E-state index contributed by atoms with van der Waals surface area (Å²) in [6.45, 7) is 6.35. The SMILES string of the molecule is CC1CCN(c2nnc(SCC(=O)N3CCc4sccc4C3)n2Cc2ccco2)CC1. The molecule has 0 unspecified atom stereocenters. The summed E-state index contributed by atoms with van der Waals surface area (Å²) in [5.74, 6) is 3.01. The first kappa shape index (κ1) is 20.6. The Labute approximate surface area is 190 Å². The van der Waals surface area contributed by atoms with E-state index < -0.39 is 0 Å². The smallest absolute Gasteiger partial charge is 0.233 e. The highest BCUT2D eigenvalue weighted by Crippen LogP contribution is 2.28. The molecule has 0 spiro atoms. The van der Waals surface area contributed by atoms with Gasteiger partial charge in [0.25, 0.3) is 0 Å². The number of nitrogens with zero attached hydrogens (tertiary/aromatic N) is 5. The Morgan fingerprint density at radius 1 is 1.26 bits per heavy atom. The van der Waals surface area contributed by atoms with Gasteiger partial charge < -0.3 is 14.2 Å². The predicted molar refractivity (Wildman–Crippen MR) is 123 cm³/mol. The first-order valence-electron chi connectivity index (χ1n) is 10.8. The van der Waals surface area contributed by atoms with Crippen molar-refractivity contribution in [2.24, 2.45) is 5.92 Å². The van der Waals surface area contributed by atoms with Crippen LogP contribution in [0.25, 0.3) is 0 Å². The number of amides is 1. The van der Waals surface area contributed by atoms with E-state index in [0.717, 1.165) is 61.7 Å². The third-order valence-corrected chi connectivity index (χ3v) is 8.12. The van der Waals surface area contributed by atoms with Crippen LogP contribution in [0.4, 0.5) is 5.95 Å². The number of furan rings is 1. The zero-order valence-corrected chi connectivity index (χ0v) is 19.3. The van der Waals surface area contributed by atoms with E-state index in [9.17, 15) is 4.79 Å². The largest absolute Gasteiger partial charge is 0.467 e. The van der Waals surface area contributed by atoms with Crippen molar-refractivity contribution in [2.45, 2.75) is 44.4 Å². The summed E-state index contributed by atoms with van der Waals surface area (Å²) >= 11 is 3.26. The minimum atomic E-state index is 0.155. The van der Waals surface area contributed by atoms with E-state index in [2.05, 4.69) is 38.0 Å². The van der Waals surface area contributed by atoms with E-state index in [4.69, 9.17) is 4.42 Å². The monoisotopic (exact) mass is 457 g/mol. The maximum atomic E-state index is 12.9. The van der Waals surface area contributed by atoms with Gasteiger partial charge >= 0.3 is 0 Å². The topological polar surface area (TPSA) is 67.4 Å². The molecule has 7 nitrogen and oxygen atoms in total. The van der Waals surface area contributed by atoms with Crippen LogP contribution in [-0.2, 0) is 24.3 Å². The number of fused-ring (bicyclic) bond motifs is 1. The van der Waals surface area contributed by atoms with E-state index in [1.54, 1.807) is 17.6 Å². The summed E-state index contributed by atoms with van der Waals surface area (Å²) < 4.78 is 7.69. The number of thiophene rings is 1. The van der Waals surface area contributed by atoms with Crippen LogP contribution >= 0.6 is 23.1 Å². The number of aromatic nitrogens is 3. The highest BCUT2D eigenvalue weighted by Gasteiger charge is 2.25. The van der Waals surface area contributed by atoms with Crippen LogP contribution < -0.4 is 4.90 Å². The van der Waals surface area contributed by atoms with E-state index in [0.29, 0.717) is 18.8 Å². The third kappa shape index (κ3) is 4.52. The fourth-order valence-corrected chi connectivity index (χ4v) is 5.93. The lowest BCUT2D eigenvalue weighted by Crippen LogP contribution is -2.36. The number of rotatable bonds is 6. The Morgan fingerprint density at radius 2 is 2.13 bits per heavy atom. The van der Waals surface area contributed by atoms with Crippen LogP contribution in [0.1, 0.15) is 36.0 Å². The predicted octanol–water partition coefficient (Wildman–Crippen LogP) is 3.89. The maximum absolute atomic E-state index is 12.9. The van der Waals surface area contributed by atoms with Crippen LogP contribution in [0, 0.1) is 5.92 Å².